The molecule has 0 radical (unpaired) electrons. The third-order valence-electron chi connectivity index (χ3n) is 4.82. The van der Waals surface area contributed by atoms with E-state index >= 15 is 0 Å². The molecule has 1 saturated heterocycles. The topological polar surface area (TPSA) is 71.2 Å². The number of piperidine rings is 1. The Labute approximate surface area is 146 Å². The highest BCUT2D eigenvalue weighted by atomic mass is 16.5. The number of benzene rings is 1. The molecule has 1 aliphatic rings. The summed E-state index contributed by atoms with van der Waals surface area (Å²) in [4.78, 5) is 17.9. The first-order valence-electron chi connectivity index (χ1n) is 8.65. The molecule has 0 bridgehead atoms. The summed E-state index contributed by atoms with van der Waals surface area (Å²) in [6, 6.07) is 8.56. The highest BCUT2D eigenvalue weighted by molar-refractivity contribution is 5.89. The Morgan fingerprint density at radius 3 is 3.00 bits per heavy atom. The molecule has 25 heavy (non-hydrogen) atoms. The quantitative estimate of drug-likeness (QED) is 0.723. The van der Waals surface area contributed by atoms with Crippen LogP contribution in [0.5, 0.6) is 0 Å². The molecule has 2 aromatic heterocycles. The SMILES string of the molecule is Cc1nc(CN2CCC[C@@H](N(C)c3ncnc4ccccc34)C2)no1. The normalized spacial score (nSPS) is 18.6. The van der Waals surface area contributed by atoms with E-state index in [4.69, 9.17) is 4.52 Å². The fraction of sp³-hybridized carbons (Fsp3) is 0.444. The molecule has 1 fully saturated rings. The van der Waals surface area contributed by atoms with E-state index in [1.165, 1.54) is 0 Å². The van der Waals surface area contributed by atoms with Gasteiger partial charge >= 0.3 is 0 Å². The molecule has 0 spiro atoms. The van der Waals surface area contributed by atoms with Gasteiger partial charge in [-0.1, -0.05) is 17.3 Å². The molecule has 130 valence electrons. The maximum Gasteiger partial charge on any atom is 0.223 e. The van der Waals surface area contributed by atoms with Gasteiger partial charge in [-0.2, -0.15) is 4.98 Å². The number of hydrogen-bond donors (Lipinski definition) is 0. The van der Waals surface area contributed by atoms with Crippen molar-refractivity contribution >= 4 is 16.7 Å². The monoisotopic (exact) mass is 338 g/mol. The molecule has 3 aromatic rings. The Kier molecular flexibility index (Phi) is 4.31. The first kappa shape index (κ1) is 16.0. The summed E-state index contributed by atoms with van der Waals surface area (Å²) in [6.07, 6.45) is 3.95. The molecule has 1 aromatic carbocycles. The third kappa shape index (κ3) is 3.32. The number of likely N-dealkylation sites (N-methyl/N-ethyl adjacent to an activating group) is 1. The van der Waals surface area contributed by atoms with Crippen LogP contribution < -0.4 is 4.90 Å². The first-order chi connectivity index (χ1) is 12.2. The number of likely N-dealkylation sites (tertiary alicyclic amines) is 1. The number of aromatic nitrogens is 4. The average Bonchev–Trinajstić information content (AvgIpc) is 3.05. The number of fused-ring (bicyclic) bond motifs is 1. The number of hydrogen-bond acceptors (Lipinski definition) is 7. The van der Waals surface area contributed by atoms with Gasteiger partial charge in [-0.25, -0.2) is 9.97 Å². The molecule has 0 N–H and O–H groups in total. The predicted octanol–water partition coefficient (Wildman–Crippen LogP) is 2.42. The fourth-order valence-electron chi connectivity index (χ4n) is 3.54. The van der Waals surface area contributed by atoms with Crippen LogP contribution in [0.2, 0.25) is 0 Å². The third-order valence-corrected chi connectivity index (χ3v) is 4.82. The van der Waals surface area contributed by atoms with E-state index in [0.717, 1.165) is 55.0 Å². The summed E-state index contributed by atoms with van der Waals surface area (Å²) in [7, 11) is 2.13. The lowest BCUT2D eigenvalue weighted by Gasteiger charge is -2.38. The van der Waals surface area contributed by atoms with Gasteiger partial charge in [-0.05, 0) is 31.5 Å². The zero-order chi connectivity index (χ0) is 17.2. The highest BCUT2D eigenvalue weighted by Crippen LogP contribution is 2.26. The van der Waals surface area contributed by atoms with Crippen molar-refractivity contribution in [2.45, 2.75) is 32.4 Å². The molecule has 1 atom stereocenters. The van der Waals surface area contributed by atoms with Crippen molar-refractivity contribution in [3.05, 3.63) is 42.3 Å². The maximum absolute atomic E-state index is 5.08. The second kappa shape index (κ2) is 6.76. The van der Waals surface area contributed by atoms with Crippen molar-refractivity contribution < 1.29 is 4.52 Å². The standard InChI is InChI=1S/C18H22N6O/c1-13-21-17(22-25-13)11-24-9-5-6-14(10-24)23(2)18-15-7-3-4-8-16(15)19-12-20-18/h3-4,7-8,12,14H,5-6,9-11H2,1-2H3/t14-/m1/s1. The molecule has 7 nitrogen and oxygen atoms in total. The van der Waals surface area contributed by atoms with Crippen LogP contribution in [-0.4, -0.2) is 51.2 Å². The van der Waals surface area contributed by atoms with Crippen LogP contribution in [0.15, 0.2) is 35.1 Å². The summed E-state index contributed by atoms with van der Waals surface area (Å²) in [5.74, 6) is 2.37. The number of anilines is 1. The van der Waals surface area contributed by atoms with Crippen LogP contribution in [0.4, 0.5) is 5.82 Å². The van der Waals surface area contributed by atoms with Crippen molar-refractivity contribution in [3.8, 4) is 0 Å². The van der Waals surface area contributed by atoms with Gasteiger partial charge in [0.25, 0.3) is 0 Å². The molecular weight excluding hydrogens is 316 g/mol. The molecule has 0 unspecified atom stereocenters. The van der Waals surface area contributed by atoms with Crippen LogP contribution in [-0.2, 0) is 6.54 Å². The minimum Gasteiger partial charge on any atom is -0.355 e. The fourth-order valence-corrected chi connectivity index (χ4v) is 3.54. The molecule has 0 aliphatic carbocycles. The molecule has 4 rings (SSSR count). The van der Waals surface area contributed by atoms with Crippen LogP contribution in [0.25, 0.3) is 10.9 Å². The summed E-state index contributed by atoms with van der Waals surface area (Å²) >= 11 is 0. The summed E-state index contributed by atoms with van der Waals surface area (Å²) in [5, 5.41) is 5.11. The Hall–Kier alpha value is -2.54. The lowest BCUT2D eigenvalue weighted by atomic mass is 10.0. The van der Waals surface area contributed by atoms with E-state index in [2.05, 4.69) is 43.0 Å². The number of para-hydroxylation sites is 1. The number of rotatable bonds is 4. The van der Waals surface area contributed by atoms with E-state index in [0.29, 0.717) is 11.9 Å². The maximum atomic E-state index is 5.08. The largest absolute Gasteiger partial charge is 0.355 e. The lowest BCUT2D eigenvalue weighted by molar-refractivity contribution is 0.192. The zero-order valence-corrected chi connectivity index (χ0v) is 14.6. The Morgan fingerprint density at radius 2 is 2.16 bits per heavy atom. The van der Waals surface area contributed by atoms with Crippen molar-refractivity contribution in [2.75, 3.05) is 25.0 Å². The molecule has 0 amide bonds. The number of nitrogens with zero attached hydrogens (tertiary/aromatic N) is 6. The molecule has 7 heteroatoms. The summed E-state index contributed by atoms with van der Waals surface area (Å²) in [5.41, 5.74) is 0.981. The van der Waals surface area contributed by atoms with Crippen LogP contribution in [0, 0.1) is 6.92 Å². The van der Waals surface area contributed by atoms with Crippen LogP contribution >= 0.6 is 0 Å². The van der Waals surface area contributed by atoms with E-state index in [1.807, 2.05) is 25.1 Å². The van der Waals surface area contributed by atoms with Crippen molar-refractivity contribution in [3.63, 3.8) is 0 Å². The predicted molar refractivity (Wildman–Crippen MR) is 95.3 cm³/mol. The van der Waals surface area contributed by atoms with E-state index in [9.17, 15) is 0 Å². The van der Waals surface area contributed by atoms with E-state index < -0.39 is 0 Å². The van der Waals surface area contributed by atoms with E-state index in [-0.39, 0.29) is 0 Å². The van der Waals surface area contributed by atoms with Crippen molar-refractivity contribution in [1.29, 1.82) is 0 Å². The molecule has 0 saturated carbocycles. The zero-order valence-electron chi connectivity index (χ0n) is 14.6. The van der Waals surface area contributed by atoms with Gasteiger partial charge < -0.3 is 9.42 Å². The van der Waals surface area contributed by atoms with Gasteiger partial charge in [-0.15, -0.1) is 0 Å². The Morgan fingerprint density at radius 1 is 1.28 bits per heavy atom. The molecule has 3 heterocycles. The van der Waals surface area contributed by atoms with Gasteiger partial charge in [0.05, 0.1) is 12.1 Å². The van der Waals surface area contributed by atoms with Gasteiger partial charge in [-0.3, -0.25) is 4.90 Å². The molecule has 1 aliphatic heterocycles. The highest BCUT2D eigenvalue weighted by Gasteiger charge is 2.26. The Balaban J connectivity index is 1.52. The second-order valence-electron chi connectivity index (χ2n) is 6.59. The summed E-state index contributed by atoms with van der Waals surface area (Å²) in [6.45, 7) is 4.57. The Bertz CT molecular complexity index is 858. The van der Waals surface area contributed by atoms with E-state index in [1.54, 1.807) is 6.33 Å². The second-order valence-corrected chi connectivity index (χ2v) is 6.59. The average molecular weight is 338 g/mol. The minimum absolute atomic E-state index is 0.403. The van der Waals surface area contributed by atoms with Crippen molar-refractivity contribution in [2.24, 2.45) is 0 Å². The van der Waals surface area contributed by atoms with Crippen LogP contribution in [0.1, 0.15) is 24.6 Å². The minimum atomic E-state index is 0.403. The lowest BCUT2D eigenvalue weighted by Crippen LogP contribution is -2.46. The van der Waals surface area contributed by atoms with Gasteiger partial charge in [0.1, 0.15) is 12.1 Å². The van der Waals surface area contributed by atoms with Crippen LogP contribution in [0.3, 0.4) is 0 Å². The van der Waals surface area contributed by atoms with Gasteiger partial charge in [0, 0.05) is 31.9 Å². The van der Waals surface area contributed by atoms with Gasteiger partial charge in [0.2, 0.25) is 5.89 Å². The first-order valence-corrected chi connectivity index (χ1v) is 8.65. The van der Waals surface area contributed by atoms with Gasteiger partial charge in [0.15, 0.2) is 5.82 Å². The smallest absolute Gasteiger partial charge is 0.223 e. The van der Waals surface area contributed by atoms with Crippen molar-refractivity contribution in [1.82, 2.24) is 25.0 Å². The molecular formula is C18H22N6O. The summed E-state index contributed by atoms with van der Waals surface area (Å²) < 4.78 is 5.08. The number of aryl methyl sites for hydroxylation is 1.